The van der Waals surface area contributed by atoms with Gasteiger partial charge in [0.15, 0.2) is 0 Å². The fourth-order valence-corrected chi connectivity index (χ4v) is 1.97. The minimum Gasteiger partial charge on any atom is -0.338 e. The number of nitrogens with one attached hydrogen (secondary N) is 4. The summed E-state index contributed by atoms with van der Waals surface area (Å²) in [5.41, 5.74) is 0. The highest BCUT2D eigenvalue weighted by atomic mass is 16.2. The maximum atomic E-state index is 11.5. The number of amides is 6. The fraction of sp³-hybridized carbons (Fsp3) is 0.765. The number of unbranched alkanes of at least 4 members (excludes halogenated alkanes) is 4. The summed E-state index contributed by atoms with van der Waals surface area (Å²) in [5, 5.41) is 9.75. The molecule has 25 heavy (non-hydrogen) atoms. The number of hydrogen-bond acceptors (Lipinski definition) is 4. The van der Waals surface area contributed by atoms with E-state index in [9.17, 15) is 19.2 Å². The van der Waals surface area contributed by atoms with Gasteiger partial charge in [-0.25, -0.2) is 9.59 Å². The number of rotatable bonds is 12. The Morgan fingerprint density at radius 1 is 0.600 bits per heavy atom. The van der Waals surface area contributed by atoms with Gasteiger partial charge in [-0.3, -0.25) is 20.2 Å². The molecule has 0 heterocycles. The van der Waals surface area contributed by atoms with Crippen molar-refractivity contribution in [3.05, 3.63) is 0 Å². The zero-order chi connectivity index (χ0) is 18.9. The van der Waals surface area contributed by atoms with Crippen LogP contribution in [0, 0.1) is 0 Å². The molecule has 6 amide bonds. The third-order valence-electron chi connectivity index (χ3n) is 3.45. The molecule has 8 heteroatoms. The lowest BCUT2D eigenvalue weighted by molar-refractivity contribution is -0.120. The summed E-state index contributed by atoms with van der Waals surface area (Å²) in [6.07, 6.45) is 6.02. The first-order valence-corrected chi connectivity index (χ1v) is 9.14. The second-order valence-corrected chi connectivity index (χ2v) is 5.88. The number of hydrogen-bond donors (Lipinski definition) is 4. The molecule has 0 aromatic heterocycles. The number of urea groups is 2. The van der Waals surface area contributed by atoms with Gasteiger partial charge >= 0.3 is 12.1 Å². The van der Waals surface area contributed by atoms with E-state index < -0.39 is 12.1 Å². The van der Waals surface area contributed by atoms with Crippen molar-refractivity contribution in [1.82, 2.24) is 21.3 Å². The van der Waals surface area contributed by atoms with Crippen molar-refractivity contribution in [2.45, 2.75) is 71.6 Å². The largest absolute Gasteiger partial charge is 0.338 e. The Bertz CT molecular complexity index is 389. The molecule has 0 aliphatic carbocycles. The molecule has 0 rings (SSSR count). The smallest absolute Gasteiger partial charge is 0.321 e. The summed E-state index contributed by atoms with van der Waals surface area (Å²) in [7, 11) is 0. The van der Waals surface area contributed by atoms with E-state index in [1.807, 2.05) is 13.8 Å². The molecule has 0 aliphatic rings. The number of carbonyl (C=O) groups is 4. The predicted molar refractivity (Wildman–Crippen MR) is 96.0 cm³/mol. The number of carbonyl (C=O) groups excluding carboxylic acids is 4. The molecule has 0 radical (unpaired) electrons. The quantitative estimate of drug-likeness (QED) is 0.401. The van der Waals surface area contributed by atoms with E-state index in [4.69, 9.17) is 0 Å². The second-order valence-electron chi connectivity index (χ2n) is 5.88. The molecular formula is C17H32N4O4. The van der Waals surface area contributed by atoms with E-state index in [1.54, 1.807) is 0 Å². The predicted octanol–water partition coefficient (Wildman–Crippen LogP) is 2.19. The summed E-state index contributed by atoms with van der Waals surface area (Å²) in [6.45, 7) is 5.14. The van der Waals surface area contributed by atoms with E-state index >= 15 is 0 Å². The lowest BCUT2D eigenvalue weighted by atomic mass is 10.1. The molecular weight excluding hydrogens is 324 g/mol. The molecule has 0 unspecified atom stereocenters. The third-order valence-corrected chi connectivity index (χ3v) is 3.45. The first kappa shape index (κ1) is 22.9. The molecule has 0 aliphatic heterocycles. The first-order chi connectivity index (χ1) is 12.0. The molecule has 144 valence electrons. The van der Waals surface area contributed by atoms with E-state index in [0.29, 0.717) is 32.4 Å². The van der Waals surface area contributed by atoms with Crippen LogP contribution < -0.4 is 21.3 Å². The molecule has 0 saturated heterocycles. The molecule has 8 nitrogen and oxygen atoms in total. The van der Waals surface area contributed by atoms with Crippen LogP contribution in [0.3, 0.4) is 0 Å². The summed E-state index contributed by atoms with van der Waals surface area (Å²) < 4.78 is 0. The summed E-state index contributed by atoms with van der Waals surface area (Å²) >= 11 is 0. The van der Waals surface area contributed by atoms with Crippen molar-refractivity contribution >= 4 is 23.9 Å². The van der Waals surface area contributed by atoms with E-state index in [0.717, 1.165) is 25.7 Å². The lowest BCUT2D eigenvalue weighted by Gasteiger charge is -2.07. The van der Waals surface area contributed by atoms with E-state index in [-0.39, 0.29) is 24.7 Å². The first-order valence-electron chi connectivity index (χ1n) is 9.14. The topological polar surface area (TPSA) is 116 Å². The average molecular weight is 356 g/mol. The van der Waals surface area contributed by atoms with Crippen molar-refractivity contribution in [2.24, 2.45) is 0 Å². The van der Waals surface area contributed by atoms with Gasteiger partial charge in [-0.1, -0.05) is 33.1 Å². The van der Waals surface area contributed by atoms with E-state index in [2.05, 4.69) is 21.3 Å². The molecule has 0 atom stereocenters. The average Bonchev–Trinajstić information content (AvgIpc) is 2.54. The van der Waals surface area contributed by atoms with Gasteiger partial charge in [-0.05, 0) is 25.7 Å². The zero-order valence-electron chi connectivity index (χ0n) is 15.4. The van der Waals surface area contributed by atoms with Crippen molar-refractivity contribution in [3.8, 4) is 0 Å². The fourth-order valence-electron chi connectivity index (χ4n) is 1.97. The van der Waals surface area contributed by atoms with Crippen molar-refractivity contribution in [1.29, 1.82) is 0 Å². The molecule has 0 spiro atoms. The lowest BCUT2D eigenvalue weighted by Crippen LogP contribution is -2.39. The molecule has 0 aromatic carbocycles. The van der Waals surface area contributed by atoms with Crippen molar-refractivity contribution in [2.75, 3.05) is 13.1 Å². The van der Waals surface area contributed by atoms with Crippen LogP contribution in [0.15, 0.2) is 0 Å². The molecule has 0 bridgehead atoms. The van der Waals surface area contributed by atoms with Gasteiger partial charge in [0.05, 0.1) is 0 Å². The Hall–Kier alpha value is -2.12. The highest BCUT2D eigenvalue weighted by molar-refractivity contribution is 5.94. The Morgan fingerprint density at radius 2 is 1.00 bits per heavy atom. The summed E-state index contributed by atoms with van der Waals surface area (Å²) in [6, 6.07) is -0.932. The minimum absolute atomic E-state index is 0.236. The van der Waals surface area contributed by atoms with Gasteiger partial charge in [0.25, 0.3) is 0 Å². The molecule has 0 aromatic rings. The highest BCUT2D eigenvalue weighted by Gasteiger charge is 2.08. The van der Waals surface area contributed by atoms with Crippen LogP contribution in [-0.2, 0) is 9.59 Å². The third kappa shape index (κ3) is 15.2. The Balaban J connectivity index is 3.61. The molecule has 0 fully saturated rings. The van der Waals surface area contributed by atoms with E-state index in [1.165, 1.54) is 0 Å². The summed E-state index contributed by atoms with van der Waals surface area (Å²) in [5.74, 6) is -0.650. The monoisotopic (exact) mass is 356 g/mol. The van der Waals surface area contributed by atoms with Gasteiger partial charge in [-0.2, -0.15) is 0 Å². The highest BCUT2D eigenvalue weighted by Crippen LogP contribution is 2.03. The van der Waals surface area contributed by atoms with Crippen LogP contribution in [0.25, 0.3) is 0 Å². The minimum atomic E-state index is -0.466. The maximum Gasteiger partial charge on any atom is 0.321 e. The SMILES string of the molecule is CCCCNC(=O)NC(=O)CCCCCC(=O)NC(=O)NCCCC. The summed E-state index contributed by atoms with van der Waals surface area (Å²) in [4.78, 5) is 45.8. The normalized spacial score (nSPS) is 10.0. The Morgan fingerprint density at radius 3 is 1.36 bits per heavy atom. The molecule has 4 N–H and O–H groups in total. The van der Waals surface area contributed by atoms with Crippen LogP contribution in [0.1, 0.15) is 71.6 Å². The Kier molecular flexibility index (Phi) is 14.1. The second kappa shape index (κ2) is 15.4. The van der Waals surface area contributed by atoms with Gasteiger partial charge in [-0.15, -0.1) is 0 Å². The van der Waals surface area contributed by atoms with Crippen LogP contribution in [0.4, 0.5) is 9.59 Å². The molecule has 0 saturated carbocycles. The van der Waals surface area contributed by atoms with Gasteiger partial charge in [0.2, 0.25) is 11.8 Å². The Labute approximate surface area is 149 Å². The number of imide groups is 2. The van der Waals surface area contributed by atoms with Gasteiger partial charge < -0.3 is 10.6 Å². The van der Waals surface area contributed by atoms with Crippen molar-refractivity contribution in [3.63, 3.8) is 0 Å². The van der Waals surface area contributed by atoms with Gasteiger partial charge in [0, 0.05) is 25.9 Å². The van der Waals surface area contributed by atoms with Crippen LogP contribution >= 0.6 is 0 Å². The van der Waals surface area contributed by atoms with Crippen LogP contribution in [0.2, 0.25) is 0 Å². The zero-order valence-corrected chi connectivity index (χ0v) is 15.4. The maximum absolute atomic E-state index is 11.5. The van der Waals surface area contributed by atoms with Crippen LogP contribution in [-0.4, -0.2) is 37.0 Å². The van der Waals surface area contributed by atoms with Crippen LogP contribution in [0.5, 0.6) is 0 Å². The standard InChI is InChI=1S/C17H32N4O4/c1-3-5-12-18-16(24)20-14(22)10-8-7-9-11-15(23)21-17(25)19-13-6-4-2/h3-13H2,1-2H3,(H2,18,20,22,24)(H2,19,21,23,25). The van der Waals surface area contributed by atoms with Crippen molar-refractivity contribution < 1.29 is 19.2 Å². The van der Waals surface area contributed by atoms with Gasteiger partial charge in [0.1, 0.15) is 0 Å².